The van der Waals surface area contributed by atoms with E-state index >= 15 is 0 Å². The summed E-state index contributed by atoms with van der Waals surface area (Å²) in [5.41, 5.74) is 0. The molecule has 2 N–H and O–H groups in total. The van der Waals surface area contributed by atoms with E-state index in [1.54, 1.807) is 25.8 Å². The molecule has 1 heterocycles. The van der Waals surface area contributed by atoms with Gasteiger partial charge in [0, 0.05) is 26.2 Å². The number of carbonyl (C=O) groups excluding carboxylic acids is 1. The molecule has 0 aromatic carbocycles. The Morgan fingerprint density at radius 1 is 1.42 bits per heavy atom. The van der Waals surface area contributed by atoms with Crippen LogP contribution in [-0.2, 0) is 9.53 Å². The third kappa shape index (κ3) is 5.06. The lowest BCUT2D eigenvalue weighted by atomic mass is 10.0. The summed E-state index contributed by atoms with van der Waals surface area (Å²) in [6.45, 7) is 4.58. The maximum absolute atomic E-state index is 11.9. The Kier molecular flexibility index (Phi) is 6.08. The molecular formula is C13H24N2O4. The molecule has 1 rings (SSSR count). The third-order valence-corrected chi connectivity index (χ3v) is 3.59. The van der Waals surface area contributed by atoms with E-state index in [9.17, 15) is 9.59 Å². The fourth-order valence-electron chi connectivity index (χ4n) is 1.98. The van der Waals surface area contributed by atoms with Crippen molar-refractivity contribution >= 4 is 12.0 Å². The molecule has 1 aliphatic heterocycles. The number of nitrogens with one attached hydrogen (secondary N) is 1. The molecule has 0 spiro atoms. The van der Waals surface area contributed by atoms with E-state index < -0.39 is 17.9 Å². The molecule has 1 aliphatic rings. The fourth-order valence-corrected chi connectivity index (χ4v) is 1.98. The van der Waals surface area contributed by atoms with Crippen LogP contribution in [0.15, 0.2) is 0 Å². The van der Waals surface area contributed by atoms with Gasteiger partial charge in [-0.3, -0.25) is 4.79 Å². The molecule has 19 heavy (non-hydrogen) atoms. The van der Waals surface area contributed by atoms with Crippen molar-refractivity contribution in [2.75, 3.05) is 20.2 Å². The largest absolute Gasteiger partial charge is 0.481 e. The van der Waals surface area contributed by atoms with Crippen LogP contribution >= 0.6 is 0 Å². The van der Waals surface area contributed by atoms with Crippen LogP contribution < -0.4 is 5.32 Å². The van der Waals surface area contributed by atoms with E-state index in [0.717, 1.165) is 25.9 Å². The highest BCUT2D eigenvalue weighted by molar-refractivity contribution is 5.76. The van der Waals surface area contributed by atoms with Crippen molar-refractivity contribution in [2.24, 2.45) is 5.92 Å². The molecule has 0 radical (unpaired) electrons. The number of carboxylic acid groups (broad SMARTS) is 1. The fraction of sp³-hybridized carbons (Fsp3) is 0.846. The highest BCUT2D eigenvalue weighted by Crippen LogP contribution is 2.13. The summed E-state index contributed by atoms with van der Waals surface area (Å²) in [6.07, 6.45) is 3.28. The molecule has 0 aromatic heterocycles. The number of hydrogen-bond acceptors (Lipinski definition) is 3. The van der Waals surface area contributed by atoms with Gasteiger partial charge in [0.1, 0.15) is 0 Å². The minimum atomic E-state index is -0.911. The van der Waals surface area contributed by atoms with Crippen LogP contribution in [0.3, 0.4) is 0 Å². The number of likely N-dealkylation sites (N-methyl/N-ethyl adjacent to an activating group) is 1. The normalized spacial score (nSPS) is 22.4. The van der Waals surface area contributed by atoms with Crippen LogP contribution in [0.5, 0.6) is 0 Å². The van der Waals surface area contributed by atoms with Crippen molar-refractivity contribution in [3.05, 3.63) is 0 Å². The maximum Gasteiger partial charge on any atom is 0.317 e. The molecule has 1 saturated heterocycles. The molecular weight excluding hydrogens is 248 g/mol. The Morgan fingerprint density at radius 3 is 2.63 bits per heavy atom. The Hall–Kier alpha value is -1.30. The smallest absolute Gasteiger partial charge is 0.317 e. The minimum absolute atomic E-state index is 0.0942. The van der Waals surface area contributed by atoms with Crippen molar-refractivity contribution in [3.8, 4) is 0 Å². The van der Waals surface area contributed by atoms with Gasteiger partial charge >= 0.3 is 12.0 Å². The van der Waals surface area contributed by atoms with Gasteiger partial charge in [-0.25, -0.2) is 4.79 Å². The molecule has 110 valence electrons. The number of hydrogen-bond donors (Lipinski definition) is 2. The molecule has 0 saturated carbocycles. The second-order valence-corrected chi connectivity index (χ2v) is 5.23. The SMILES string of the molecule is CC(NC(=O)N(C)CC1CCCCO1)C(C)C(=O)O. The van der Waals surface area contributed by atoms with Gasteiger partial charge in [-0.2, -0.15) is 0 Å². The first-order valence-corrected chi connectivity index (χ1v) is 6.78. The standard InChI is InChI=1S/C13H24N2O4/c1-9(12(16)17)10(2)14-13(18)15(3)8-11-6-4-5-7-19-11/h9-11H,4-8H2,1-3H3,(H,14,18)(H,16,17). The van der Waals surface area contributed by atoms with Crippen LogP contribution in [0.25, 0.3) is 0 Å². The lowest BCUT2D eigenvalue weighted by molar-refractivity contribution is -0.141. The second kappa shape index (κ2) is 7.33. The Morgan fingerprint density at radius 2 is 2.11 bits per heavy atom. The average molecular weight is 272 g/mol. The van der Waals surface area contributed by atoms with Gasteiger partial charge in [-0.05, 0) is 33.1 Å². The zero-order valence-corrected chi connectivity index (χ0v) is 11.9. The summed E-state index contributed by atoms with van der Waals surface area (Å²) in [5, 5.41) is 11.6. The highest BCUT2D eigenvalue weighted by Gasteiger charge is 2.24. The van der Waals surface area contributed by atoms with Crippen molar-refractivity contribution in [2.45, 2.75) is 45.3 Å². The summed E-state index contributed by atoms with van der Waals surface area (Å²) in [7, 11) is 1.70. The van der Waals surface area contributed by atoms with E-state index in [-0.39, 0.29) is 12.1 Å². The Bertz CT molecular complexity index is 316. The molecule has 3 atom stereocenters. The summed E-state index contributed by atoms with van der Waals surface area (Å²) >= 11 is 0. The van der Waals surface area contributed by atoms with Gasteiger partial charge in [0.15, 0.2) is 0 Å². The molecule has 2 amide bonds. The predicted octanol–water partition coefficient (Wildman–Crippen LogP) is 1.31. The molecule has 1 fully saturated rings. The topological polar surface area (TPSA) is 78.9 Å². The van der Waals surface area contributed by atoms with Crippen LogP contribution in [0.4, 0.5) is 4.79 Å². The van der Waals surface area contributed by atoms with E-state index in [0.29, 0.717) is 6.54 Å². The van der Waals surface area contributed by atoms with Crippen molar-refractivity contribution in [1.29, 1.82) is 0 Å². The van der Waals surface area contributed by atoms with Gasteiger partial charge in [0.2, 0.25) is 0 Å². The highest BCUT2D eigenvalue weighted by atomic mass is 16.5. The number of urea groups is 1. The van der Waals surface area contributed by atoms with Crippen molar-refractivity contribution in [3.63, 3.8) is 0 Å². The quantitative estimate of drug-likeness (QED) is 0.791. The molecule has 6 heteroatoms. The molecule has 0 aliphatic carbocycles. The number of amides is 2. The second-order valence-electron chi connectivity index (χ2n) is 5.23. The lowest BCUT2D eigenvalue weighted by Gasteiger charge is -2.29. The van der Waals surface area contributed by atoms with Crippen LogP contribution in [-0.4, -0.2) is 54.4 Å². The van der Waals surface area contributed by atoms with Crippen molar-refractivity contribution in [1.82, 2.24) is 10.2 Å². The summed E-state index contributed by atoms with van der Waals surface area (Å²) in [4.78, 5) is 24.3. The minimum Gasteiger partial charge on any atom is -0.481 e. The van der Waals surface area contributed by atoms with Crippen LogP contribution in [0.2, 0.25) is 0 Å². The number of ether oxygens (including phenoxy) is 1. The Labute approximate surface area is 114 Å². The first kappa shape index (κ1) is 15.8. The van der Waals surface area contributed by atoms with Gasteiger partial charge in [-0.15, -0.1) is 0 Å². The lowest BCUT2D eigenvalue weighted by Crippen LogP contribution is -2.48. The predicted molar refractivity (Wildman–Crippen MR) is 71.0 cm³/mol. The van der Waals surface area contributed by atoms with E-state index in [4.69, 9.17) is 9.84 Å². The van der Waals surface area contributed by atoms with Gasteiger partial charge in [0.05, 0.1) is 12.0 Å². The monoisotopic (exact) mass is 272 g/mol. The first-order chi connectivity index (χ1) is 8.91. The van der Waals surface area contributed by atoms with Crippen LogP contribution in [0.1, 0.15) is 33.1 Å². The van der Waals surface area contributed by atoms with Gasteiger partial charge in [-0.1, -0.05) is 0 Å². The number of carbonyl (C=O) groups is 2. The maximum atomic E-state index is 11.9. The Balaban J connectivity index is 2.37. The number of nitrogens with zero attached hydrogens (tertiary/aromatic N) is 1. The van der Waals surface area contributed by atoms with E-state index in [1.165, 1.54) is 0 Å². The number of rotatable bonds is 5. The van der Waals surface area contributed by atoms with E-state index in [1.807, 2.05) is 0 Å². The zero-order valence-electron chi connectivity index (χ0n) is 11.9. The molecule has 0 bridgehead atoms. The van der Waals surface area contributed by atoms with E-state index in [2.05, 4.69) is 5.32 Å². The number of aliphatic carboxylic acids is 1. The summed E-state index contributed by atoms with van der Waals surface area (Å²) in [5.74, 6) is -1.52. The molecule has 6 nitrogen and oxygen atoms in total. The first-order valence-electron chi connectivity index (χ1n) is 6.78. The van der Waals surface area contributed by atoms with Crippen molar-refractivity contribution < 1.29 is 19.4 Å². The van der Waals surface area contributed by atoms with Crippen LogP contribution in [0, 0.1) is 5.92 Å². The average Bonchev–Trinajstić information content (AvgIpc) is 2.38. The van der Waals surface area contributed by atoms with Gasteiger partial charge < -0.3 is 20.1 Å². The summed E-state index contributed by atoms with van der Waals surface area (Å²) < 4.78 is 5.57. The summed E-state index contributed by atoms with van der Waals surface area (Å²) in [6, 6.07) is -0.658. The number of carboxylic acids is 1. The van der Waals surface area contributed by atoms with Gasteiger partial charge in [0.25, 0.3) is 0 Å². The third-order valence-electron chi connectivity index (χ3n) is 3.59. The molecule has 3 unspecified atom stereocenters. The molecule has 0 aromatic rings. The zero-order chi connectivity index (χ0) is 14.4.